The molecule has 0 radical (unpaired) electrons. The van der Waals surface area contributed by atoms with E-state index in [0.29, 0.717) is 5.82 Å². The highest BCUT2D eigenvalue weighted by molar-refractivity contribution is 5.92. The summed E-state index contributed by atoms with van der Waals surface area (Å²) in [6.07, 6.45) is 3.58. The zero-order valence-corrected chi connectivity index (χ0v) is 15.3. The number of carbonyl (C=O) groups is 1. The van der Waals surface area contributed by atoms with Gasteiger partial charge < -0.3 is 19.4 Å². The number of nitrogens with zero attached hydrogens (tertiary/aromatic N) is 3. The minimum Gasteiger partial charge on any atom is -0.454 e. The summed E-state index contributed by atoms with van der Waals surface area (Å²) < 4.78 is 14.4. The van der Waals surface area contributed by atoms with Crippen LogP contribution < -0.4 is 14.8 Å². The highest BCUT2D eigenvalue weighted by atomic mass is 16.7. The highest BCUT2D eigenvalue weighted by Crippen LogP contribution is 2.36. The van der Waals surface area contributed by atoms with Crippen LogP contribution in [0.5, 0.6) is 11.5 Å². The van der Waals surface area contributed by atoms with Crippen molar-refractivity contribution in [1.82, 2.24) is 14.3 Å². The summed E-state index contributed by atoms with van der Waals surface area (Å²) in [5.41, 5.74) is 3.15. The second-order valence-electron chi connectivity index (χ2n) is 6.67. The zero-order chi connectivity index (χ0) is 19.1. The molecule has 2 aromatic heterocycles. The molecule has 0 saturated heterocycles. The smallest absolute Gasteiger partial charge is 0.245 e. The van der Waals surface area contributed by atoms with E-state index in [0.717, 1.165) is 33.5 Å². The third-order valence-corrected chi connectivity index (χ3v) is 4.88. The fourth-order valence-corrected chi connectivity index (χ4v) is 3.43. The standard InChI is InChI=1S/C21H18N4O3/c1-24-20(6-8-22-24)23-21(26)12-25-9-7-16-10-14(2-4-17(16)25)15-3-5-18-19(11-15)28-13-27-18/h2-11H,12-13H2,1H3,(H,23,26). The molecule has 2 aromatic carbocycles. The molecule has 0 spiro atoms. The average Bonchev–Trinajstić information content (AvgIpc) is 3.42. The number of ether oxygens (including phenoxy) is 2. The minimum absolute atomic E-state index is 0.0963. The summed E-state index contributed by atoms with van der Waals surface area (Å²) in [5.74, 6) is 2.12. The molecule has 5 rings (SSSR count). The lowest BCUT2D eigenvalue weighted by Crippen LogP contribution is -2.19. The summed E-state index contributed by atoms with van der Waals surface area (Å²) in [4.78, 5) is 12.4. The molecule has 7 nitrogen and oxygen atoms in total. The van der Waals surface area contributed by atoms with Gasteiger partial charge in [0.05, 0.1) is 6.20 Å². The summed E-state index contributed by atoms with van der Waals surface area (Å²) in [7, 11) is 1.79. The van der Waals surface area contributed by atoms with Crippen LogP contribution in [0.15, 0.2) is 60.9 Å². The Morgan fingerprint density at radius 1 is 1.07 bits per heavy atom. The SMILES string of the molecule is Cn1nccc1NC(=O)Cn1ccc2cc(-c3ccc4c(c3)OCO4)ccc21. The molecule has 4 aromatic rings. The Kier molecular flexibility index (Phi) is 3.79. The Bertz CT molecular complexity index is 1190. The van der Waals surface area contributed by atoms with Gasteiger partial charge in [0.25, 0.3) is 0 Å². The fraction of sp³-hybridized carbons (Fsp3) is 0.143. The first-order valence-electron chi connectivity index (χ1n) is 8.94. The Hall–Kier alpha value is -3.74. The first-order chi connectivity index (χ1) is 13.7. The average molecular weight is 374 g/mol. The van der Waals surface area contributed by atoms with Crippen LogP contribution in [0.25, 0.3) is 22.0 Å². The molecule has 1 amide bonds. The van der Waals surface area contributed by atoms with E-state index in [2.05, 4.69) is 22.5 Å². The molecule has 1 N–H and O–H groups in total. The molecule has 3 heterocycles. The van der Waals surface area contributed by atoms with Crippen molar-refractivity contribution in [3.05, 3.63) is 60.9 Å². The van der Waals surface area contributed by atoms with Gasteiger partial charge in [-0.15, -0.1) is 0 Å². The number of nitrogens with one attached hydrogen (secondary N) is 1. The van der Waals surface area contributed by atoms with Crippen molar-refractivity contribution in [2.24, 2.45) is 7.05 Å². The number of hydrogen-bond acceptors (Lipinski definition) is 4. The summed E-state index contributed by atoms with van der Waals surface area (Å²) in [5, 5.41) is 8.00. The number of carbonyl (C=O) groups excluding carboxylic acids is 1. The maximum Gasteiger partial charge on any atom is 0.245 e. The van der Waals surface area contributed by atoms with Crippen LogP contribution in [0, 0.1) is 0 Å². The van der Waals surface area contributed by atoms with Gasteiger partial charge in [-0.1, -0.05) is 12.1 Å². The van der Waals surface area contributed by atoms with Crippen LogP contribution in [-0.4, -0.2) is 27.0 Å². The lowest BCUT2D eigenvalue weighted by Gasteiger charge is -2.08. The molecule has 1 aliphatic heterocycles. The van der Waals surface area contributed by atoms with Crippen LogP contribution in [0.3, 0.4) is 0 Å². The lowest BCUT2D eigenvalue weighted by molar-refractivity contribution is -0.116. The first-order valence-corrected chi connectivity index (χ1v) is 8.94. The van der Waals surface area contributed by atoms with E-state index < -0.39 is 0 Å². The van der Waals surface area contributed by atoms with Gasteiger partial charge in [0.1, 0.15) is 12.4 Å². The largest absolute Gasteiger partial charge is 0.454 e. The van der Waals surface area contributed by atoms with Crippen LogP contribution in [0.4, 0.5) is 5.82 Å². The van der Waals surface area contributed by atoms with Crippen molar-refractivity contribution in [3.8, 4) is 22.6 Å². The van der Waals surface area contributed by atoms with E-state index in [4.69, 9.17) is 9.47 Å². The molecule has 1 aliphatic rings. The Morgan fingerprint density at radius 3 is 2.75 bits per heavy atom. The molecule has 140 valence electrons. The van der Waals surface area contributed by atoms with Gasteiger partial charge in [-0.3, -0.25) is 9.48 Å². The van der Waals surface area contributed by atoms with Gasteiger partial charge in [-0.05, 0) is 41.5 Å². The maximum atomic E-state index is 12.4. The quantitative estimate of drug-likeness (QED) is 0.594. The van der Waals surface area contributed by atoms with Gasteiger partial charge in [-0.25, -0.2) is 0 Å². The topological polar surface area (TPSA) is 70.3 Å². The number of anilines is 1. The summed E-state index contributed by atoms with van der Waals surface area (Å²) >= 11 is 0. The number of aryl methyl sites for hydroxylation is 1. The van der Waals surface area contributed by atoms with E-state index in [1.165, 1.54) is 0 Å². The van der Waals surface area contributed by atoms with Gasteiger partial charge >= 0.3 is 0 Å². The molecule has 0 atom stereocenters. The van der Waals surface area contributed by atoms with Crippen LogP contribution in [-0.2, 0) is 18.4 Å². The highest BCUT2D eigenvalue weighted by Gasteiger charge is 2.14. The minimum atomic E-state index is -0.0963. The van der Waals surface area contributed by atoms with Crippen molar-refractivity contribution >= 4 is 22.6 Å². The second kappa shape index (κ2) is 6.45. The summed E-state index contributed by atoms with van der Waals surface area (Å²) in [6.45, 7) is 0.500. The number of hydrogen-bond donors (Lipinski definition) is 1. The van der Waals surface area contributed by atoms with Crippen molar-refractivity contribution in [1.29, 1.82) is 0 Å². The molecular weight excluding hydrogens is 356 g/mol. The molecule has 0 bridgehead atoms. The zero-order valence-electron chi connectivity index (χ0n) is 15.3. The van der Waals surface area contributed by atoms with E-state index in [1.54, 1.807) is 24.0 Å². The van der Waals surface area contributed by atoms with E-state index in [-0.39, 0.29) is 19.2 Å². The Morgan fingerprint density at radius 2 is 1.89 bits per heavy atom. The maximum absolute atomic E-state index is 12.4. The van der Waals surface area contributed by atoms with Crippen molar-refractivity contribution in [2.75, 3.05) is 12.1 Å². The number of benzene rings is 2. The van der Waals surface area contributed by atoms with Crippen molar-refractivity contribution in [2.45, 2.75) is 6.54 Å². The van der Waals surface area contributed by atoms with Gasteiger partial charge in [0.15, 0.2) is 11.5 Å². The van der Waals surface area contributed by atoms with Gasteiger partial charge in [-0.2, -0.15) is 5.10 Å². The van der Waals surface area contributed by atoms with Gasteiger partial charge in [0.2, 0.25) is 12.7 Å². The molecule has 0 unspecified atom stereocenters. The Labute approximate surface area is 161 Å². The third kappa shape index (κ3) is 2.87. The molecule has 28 heavy (non-hydrogen) atoms. The number of amides is 1. The number of aromatic nitrogens is 3. The molecule has 0 saturated carbocycles. The number of rotatable bonds is 4. The molecular formula is C21H18N4O3. The Balaban J connectivity index is 1.39. The fourth-order valence-electron chi connectivity index (χ4n) is 3.43. The van der Waals surface area contributed by atoms with Crippen LogP contribution in [0.2, 0.25) is 0 Å². The second-order valence-corrected chi connectivity index (χ2v) is 6.67. The lowest BCUT2D eigenvalue weighted by atomic mass is 10.0. The molecule has 0 fully saturated rings. The molecule has 0 aliphatic carbocycles. The molecule has 7 heteroatoms. The predicted octanol–water partition coefficient (Wildman–Crippen LogP) is 3.41. The monoisotopic (exact) mass is 374 g/mol. The van der Waals surface area contributed by atoms with E-state index in [1.807, 2.05) is 41.1 Å². The van der Waals surface area contributed by atoms with Crippen LogP contribution >= 0.6 is 0 Å². The van der Waals surface area contributed by atoms with E-state index >= 15 is 0 Å². The summed E-state index contributed by atoms with van der Waals surface area (Å²) in [6, 6.07) is 15.9. The van der Waals surface area contributed by atoms with Gasteiger partial charge in [0, 0.05) is 30.2 Å². The van der Waals surface area contributed by atoms with E-state index in [9.17, 15) is 4.79 Å². The first kappa shape index (κ1) is 16.4. The number of fused-ring (bicyclic) bond motifs is 2. The van der Waals surface area contributed by atoms with Crippen molar-refractivity contribution in [3.63, 3.8) is 0 Å². The third-order valence-electron chi connectivity index (χ3n) is 4.88. The van der Waals surface area contributed by atoms with Crippen LogP contribution in [0.1, 0.15) is 0 Å². The van der Waals surface area contributed by atoms with Crippen molar-refractivity contribution < 1.29 is 14.3 Å². The predicted molar refractivity (Wildman–Crippen MR) is 105 cm³/mol. The normalized spacial score (nSPS) is 12.5.